The van der Waals surface area contributed by atoms with Gasteiger partial charge in [0.15, 0.2) is 0 Å². The molecule has 0 bridgehead atoms. The van der Waals surface area contributed by atoms with Gasteiger partial charge in [-0.05, 0) is 40.5 Å². The molecule has 122 valence electrons. The maximum Gasteiger partial charge on any atom is 0.410 e. The number of hydrogen-bond acceptors (Lipinski definition) is 4. The molecule has 6 heteroatoms. The summed E-state index contributed by atoms with van der Waals surface area (Å²) in [7, 11) is 1.79. The molecule has 0 radical (unpaired) electrons. The second-order valence-electron chi connectivity index (χ2n) is 6.55. The van der Waals surface area contributed by atoms with E-state index < -0.39 is 5.60 Å². The zero-order valence-electron chi connectivity index (χ0n) is 13.9. The van der Waals surface area contributed by atoms with Crippen molar-refractivity contribution >= 4 is 12.0 Å². The Morgan fingerprint density at radius 1 is 1.29 bits per heavy atom. The zero-order chi connectivity index (χ0) is 16.0. The normalized spacial score (nSPS) is 17.4. The summed E-state index contributed by atoms with van der Waals surface area (Å²) in [6, 6.07) is 0.185. The van der Waals surface area contributed by atoms with E-state index in [4.69, 9.17) is 4.74 Å². The lowest BCUT2D eigenvalue weighted by Crippen LogP contribution is -2.48. The van der Waals surface area contributed by atoms with Gasteiger partial charge < -0.3 is 15.0 Å². The SMILES string of the molecule is CCNC(=O)CN1CCC(N(C)C(=O)OC(C)(C)C)CC1. The molecule has 0 spiro atoms. The Labute approximate surface area is 127 Å². The van der Waals surface area contributed by atoms with Gasteiger partial charge in [-0.2, -0.15) is 0 Å². The summed E-state index contributed by atoms with van der Waals surface area (Å²) < 4.78 is 5.39. The van der Waals surface area contributed by atoms with Crippen LogP contribution >= 0.6 is 0 Å². The van der Waals surface area contributed by atoms with Crippen molar-refractivity contribution < 1.29 is 14.3 Å². The molecule has 0 aromatic carbocycles. The van der Waals surface area contributed by atoms with E-state index >= 15 is 0 Å². The number of likely N-dealkylation sites (tertiary alicyclic amines) is 1. The number of hydrogen-bond donors (Lipinski definition) is 1. The van der Waals surface area contributed by atoms with Crippen LogP contribution in [0.3, 0.4) is 0 Å². The minimum absolute atomic E-state index is 0.0662. The Balaban J connectivity index is 2.38. The van der Waals surface area contributed by atoms with Crippen molar-refractivity contribution in [2.24, 2.45) is 0 Å². The van der Waals surface area contributed by atoms with Crippen LogP contribution in [0.2, 0.25) is 0 Å². The Morgan fingerprint density at radius 3 is 2.33 bits per heavy atom. The Kier molecular flexibility index (Phi) is 6.45. The first-order valence-corrected chi connectivity index (χ1v) is 7.67. The van der Waals surface area contributed by atoms with Crippen molar-refractivity contribution in [1.82, 2.24) is 15.1 Å². The topological polar surface area (TPSA) is 61.9 Å². The van der Waals surface area contributed by atoms with Gasteiger partial charge in [-0.1, -0.05) is 0 Å². The highest BCUT2D eigenvalue weighted by molar-refractivity contribution is 5.77. The number of nitrogens with one attached hydrogen (secondary N) is 1. The monoisotopic (exact) mass is 299 g/mol. The van der Waals surface area contributed by atoms with Gasteiger partial charge in [-0.3, -0.25) is 9.69 Å². The molecular weight excluding hydrogens is 270 g/mol. The number of carbonyl (C=O) groups excluding carboxylic acids is 2. The van der Waals surface area contributed by atoms with Gasteiger partial charge in [0.05, 0.1) is 6.54 Å². The smallest absolute Gasteiger partial charge is 0.410 e. The van der Waals surface area contributed by atoms with E-state index in [2.05, 4.69) is 10.2 Å². The summed E-state index contributed by atoms with van der Waals surface area (Å²) in [6.45, 7) is 10.3. The Hall–Kier alpha value is -1.30. The van der Waals surface area contributed by atoms with Crippen molar-refractivity contribution in [3.63, 3.8) is 0 Å². The van der Waals surface area contributed by atoms with E-state index in [9.17, 15) is 9.59 Å². The lowest BCUT2D eigenvalue weighted by Gasteiger charge is -2.37. The van der Waals surface area contributed by atoms with Crippen molar-refractivity contribution in [1.29, 1.82) is 0 Å². The van der Waals surface area contributed by atoms with Crippen LogP contribution < -0.4 is 5.32 Å². The number of nitrogens with zero attached hydrogens (tertiary/aromatic N) is 2. The summed E-state index contributed by atoms with van der Waals surface area (Å²) in [5.74, 6) is 0.0662. The first-order valence-electron chi connectivity index (χ1n) is 7.67. The predicted molar refractivity (Wildman–Crippen MR) is 82.1 cm³/mol. The molecule has 1 N–H and O–H groups in total. The summed E-state index contributed by atoms with van der Waals surface area (Å²) in [5, 5.41) is 2.81. The maximum atomic E-state index is 12.0. The molecule has 1 fully saturated rings. The first kappa shape index (κ1) is 17.8. The molecule has 6 nitrogen and oxygen atoms in total. The Morgan fingerprint density at radius 2 is 1.86 bits per heavy atom. The minimum Gasteiger partial charge on any atom is -0.444 e. The molecule has 1 aliphatic rings. The van der Waals surface area contributed by atoms with Crippen LogP contribution in [-0.2, 0) is 9.53 Å². The van der Waals surface area contributed by atoms with Crippen molar-refractivity contribution in [2.75, 3.05) is 33.2 Å². The minimum atomic E-state index is -0.468. The average Bonchev–Trinajstić information content (AvgIpc) is 2.37. The molecule has 0 atom stereocenters. The number of likely N-dealkylation sites (N-methyl/N-ethyl adjacent to an activating group) is 1. The van der Waals surface area contributed by atoms with E-state index in [1.807, 2.05) is 27.7 Å². The molecule has 0 aromatic rings. The lowest BCUT2D eigenvalue weighted by molar-refractivity contribution is -0.122. The molecule has 1 rings (SSSR count). The molecule has 0 aromatic heterocycles. The van der Waals surface area contributed by atoms with E-state index in [1.54, 1.807) is 11.9 Å². The fourth-order valence-electron chi connectivity index (χ4n) is 2.40. The number of rotatable bonds is 4. The highest BCUT2D eigenvalue weighted by atomic mass is 16.6. The number of carbonyl (C=O) groups is 2. The van der Waals surface area contributed by atoms with Crippen LogP contribution in [0.1, 0.15) is 40.5 Å². The fraction of sp³-hybridized carbons (Fsp3) is 0.867. The van der Waals surface area contributed by atoms with Crippen LogP contribution in [0.25, 0.3) is 0 Å². The van der Waals surface area contributed by atoms with E-state index in [0.717, 1.165) is 25.9 Å². The molecule has 1 saturated heterocycles. The van der Waals surface area contributed by atoms with Crippen LogP contribution in [0.5, 0.6) is 0 Å². The predicted octanol–water partition coefficient (Wildman–Crippen LogP) is 1.45. The summed E-state index contributed by atoms with van der Waals surface area (Å²) >= 11 is 0. The third-order valence-corrected chi connectivity index (χ3v) is 3.53. The summed E-state index contributed by atoms with van der Waals surface area (Å²) in [6.07, 6.45) is 1.47. The van der Waals surface area contributed by atoms with Crippen LogP contribution in [0.15, 0.2) is 0 Å². The fourth-order valence-corrected chi connectivity index (χ4v) is 2.40. The molecule has 21 heavy (non-hydrogen) atoms. The largest absolute Gasteiger partial charge is 0.444 e. The number of amides is 2. The standard InChI is InChI=1S/C15H29N3O3/c1-6-16-13(19)11-18-9-7-12(8-10-18)17(5)14(20)21-15(2,3)4/h12H,6-11H2,1-5H3,(H,16,19). The first-order chi connectivity index (χ1) is 9.73. The zero-order valence-corrected chi connectivity index (χ0v) is 13.9. The van der Waals surface area contributed by atoms with E-state index in [0.29, 0.717) is 13.1 Å². The van der Waals surface area contributed by atoms with Crippen molar-refractivity contribution in [3.05, 3.63) is 0 Å². The molecule has 0 unspecified atom stereocenters. The quantitative estimate of drug-likeness (QED) is 0.853. The average molecular weight is 299 g/mol. The highest BCUT2D eigenvalue weighted by Gasteiger charge is 2.28. The maximum absolute atomic E-state index is 12.0. The molecule has 1 aliphatic heterocycles. The van der Waals surface area contributed by atoms with Gasteiger partial charge in [0.1, 0.15) is 5.60 Å². The van der Waals surface area contributed by atoms with Gasteiger partial charge in [0.25, 0.3) is 0 Å². The highest BCUT2D eigenvalue weighted by Crippen LogP contribution is 2.18. The molecule has 1 heterocycles. The van der Waals surface area contributed by atoms with Gasteiger partial charge in [0, 0.05) is 32.7 Å². The molecule has 2 amide bonds. The van der Waals surface area contributed by atoms with E-state index in [1.165, 1.54) is 0 Å². The third kappa shape index (κ3) is 6.33. The van der Waals surface area contributed by atoms with Crippen molar-refractivity contribution in [2.45, 2.75) is 52.2 Å². The summed E-state index contributed by atoms with van der Waals surface area (Å²) in [4.78, 5) is 27.4. The second-order valence-corrected chi connectivity index (χ2v) is 6.55. The molecule has 0 aliphatic carbocycles. The van der Waals surface area contributed by atoms with Crippen LogP contribution in [0.4, 0.5) is 4.79 Å². The third-order valence-electron chi connectivity index (χ3n) is 3.53. The second kappa shape index (κ2) is 7.64. The molecular formula is C15H29N3O3. The van der Waals surface area contributed by atoms with Gasteiger partial charge in [-0.25, -0.2) is 4.79 Å². The number of ether oxygens (including phenoxy) is 1. The summed E-state index contributed by atoms with van der Waals surface area (Å²) in [5.41, 5.74) is -0.468. The van der Waals surface area contributed by atoms with Crippen LogP contribution in [0, 0.1) is 0 Å². The lowest BCUT2D eigenvalue weighted by atomic mass is 10.0. The van der Waals surface area contributed by atoms with Crippen molar-refractivity contribution in [3.8, 4) is 0 Å². The molecule has 0 saturated carbocycles. The van der Waals surface area contributed by atoms with E-state index in [-0.39, 0.29) is 18.0 Å². The van der Waals surface area contributed by atoms with Gasteiger partial charge in [0.2, 0.25) is 5.91 Å². The Bertz CT molecular complexity index is 358. The number of piperidine rings is 1. The van der Waals surface area contributed by atoms with Gasteiger partial charge in [-0.15, -0.1) is 0 Å². The van der Waals surface area contributed by atoms with Gasteiger partial charge >= 0.3 is 6.09 Å². The van der Waals surface area contributed by atoms with Crippen LogP contribution in [-0.4, -0.2) is 66.7 Å².